The molecule has 0 aromatic carbocycles. The van der Waals surface area contributed by atoms with Gasteiger partial charge in [0.25, 0.3) is 5.88 Å². The maximum Gasteiger partial charge on any atom is 0.272 e. The Balaban J connectivity index is 2.94. The lowest BCUT2D eigenvalue weighted by atomic mass is 10.5. The van der Waals surface area contributed by atoms with Crippen molar-refractivity contribution in [1.82, 2.24) is 4.98 Å². The van der Waals surface area contributed by atoms with Crippen LogP contribution >= 0.6 is 0 Å². The number of pyridine rings is 1. The van der Waals surface area contributed by atoms with Crippen LogP contribution in [-0.4, -0.2) is 12.1 Å². The summed E-state index contributed by atoms with van der Waals surface area (Å²) in [4.78, 5) is 3.51. The minimum absolute atomic E-state index is 0.269. The second kappa shape index (κ2) is 2.35. The van der Waals surface area contributed by atoms with Crippen molar-refractivity contribution in [3.63, 3.8) is 0 Å². The van der Waals surface area contributed by atoms with E-state index < -0.39 is 0 Å². The van der Waals surface area contributed by atoms with Crippen LogP contribution in [0.1, 0.15) is 0 Å². The summed E-state index contributed by atoms with van der Waals surface area (Å²) in [5.74, 6) is 0.0943. The number of rotatable bonds is 1. The third kappa shape index (κ3) is 1.32. The highest BCUT2D eigenvalue weighted by molar-refractivity contribution is 5.17. The van der Waals surface area contributed by atoms with Crippen molar-refractivity contribution in [2.75, 3.05) is 7.11 Å². The topological polar surface area (TPSA) is 42.0 Å². The molecule has 1 heterocycles. The molecule has 0 atom stereocenters. The molecule has 1 aromatic heterocycles. The Labute approximate surface area is 52.9 Å². The molecule has 0 saturated carbocycles. The zero-order valence-corrected chi connectivity index (χ0v) is 5.00. The number of ether oxygens (including phenoxy) is 1. The highest BCUT2D eigenvalue weighted by Crippen LogP contribution is 2.10. The monoisotopic (exact) mass is 124 g/mol. The number of hydrogen-bond acceptors (Lipinski definition) is 2. The van der Waals surface area contributed by atoms with Gasteiger partial charge in [0.1, 0.15) is 0 Å². The van der Waals surface area contributed by atoms with Gasteiger partial charge in [0.15, 0.2) is 0 Å². The summed E-state index contributed by atoms with van der Waals surface area (Å²) in [5, 5.41) is 10.5. The Morgan fingerprint density at radius 2 is 2.33 bits per heavy atom. The molecule has 0 aliphatic rings. The van der Waals surface area contributed by atoms with E-state index >= 15 is 0 Å². The van der Waals surface area contributed by atoms with E-state index in [9.17, 15) is 5.11 Å². The fourth-order valence-electron chi connectivity index (χ4n) is 0.510. The van der Waals surface area contributed by atoms with Crippen LogP contribution in [0.15, 0.2) is 18.2 Å². The van der Waals surface area contributed by atoms with Crippen LogP contribution in [0.4, 0.5) is 0 Å². The van der Waals surface area contributed by atoms with Gasteiger partial charge in [-0.1, -0.05) is 6.07 Å². The second-order valence-electron chi connectivity index (χ2n) is 1.52. The quantitative estimate of drug-likeness (QED) is 0.565. The molecule has 0 bridgehead atoms. The van der Waals surface area contributed by atoms with Crippen molar-refractivity contribution in [3.8, 4) is 11.8 Å². The van der Waals surface area contributed by atoms with Gasteiger partial charge < -0.3 is 4.74 Å². The lowest BCUT2D eigenvalue weighted by molar-refractivity contribution is 0.323. The lowest BCUT2D eigenvalue weighted by Gasteiger charge is -1.94. The largest absolute Gasteiger partial charge is 0.481 e. The van der Waals surface area contributed by atoms with Gasteiger partial charge in [0, 0.05) is 12.1 Å². The predicted octanol–water partition coefficient (Wildman–Crippen LogP) is 1.23. The van der Waals surface area contributed by atoms with Crippen LogP contribution in [0.2, 0.25) is 0 Å². The third-order valence-corrected chi connectivity index (χ3v) is 0.907. The molecule has 0 saturated heterocycles. The molecule has 3 nitrogen and oxygen atoms in total. The summed E-state index contributed by atoms with van der Waals surface area (Å²) in [6, 6.07) is 4.61. The van der Waals surface area contributed by atoms with Crippen LogP contribution in [0, 0.1) is 0 Å². The SMILES string of the molecule is COc1cccc([O])n1. The molecule has 3 heteroatoms. The Bertz CT molecular complexity index is 200. The van der Waals surface area contributed by atoms with Crippen LogP contribution in [-0.2, 0) is 5.11 Å². The average Bonchev–Trinajstić information content (AvgIpc) is 1.88. The van der Waals surface area contributed by atoms with E-state index in [0.717, 1.165) is 0 Å². The molecule has 0 unspecified atom stereocenters. The first-order valence-electron chi connectivity index (χ1n) is 2.51. The molecule has 0 fully saturated rings. The van der Waals surface area contributed by atoms with Crippen molar-refractivity contribution < 1.29 is 9.84 Å². The highest BCUT2D eigenvalue weighted by Gasteiger charge is 1.92. The van der Waals surface area contributed by atoms with Crippen molar-refractivity contribution >= 4 is 0 Å². The Morgan fingerprint density at radius 1 is 1.56 bits per heavy atom. The van der Waals surface area contributed by atoms with E-state index in [1.807, 2.05) is 0 Å². The fourth-order valence-corrected chi connectivity index (χ4v) is 0.510. The summed E-state index contributed by atoms with van der Waals surface area (Å²) in [6.07, 6.45) is 0. The summed E-state index contributed by atoms with van der Waals surface area (Å²) >= 11 is 0. The standard InChI is InChI=1S/C6H6NO2/c1-9-6-4-2-3-5(8)7-6/h2-4H,1H3. The molecule has 0 spiro atoms. The van der Waals surface area contributed by atoms with Crippen molar-refractivity contribution in [2.24, 2.45) is 0 Å². The number of aromatic nitrogens is 1. The molecule has 0 amide bonds. The first-order valence-corrected chi connectivity index (χ1v) is 2.51. The molecule has 9 heavy (non-hydrogen) atoms. The molecular weight excluding hydrogens is 118 g/mol. The van der Waals surface area contributed by atoms with E-state index in [2.05, 4.69) is 9.72 Å². The highest BCUT2D eigenvalue weighted by atomic mass is 16.5. The first-order chi connectivity index (χ1) is 4.33. The maximum atomic E-state index is 10.5. The second-order valence-corrected chi connectivity index (χ2v) is 1.52. The zero-order valence-electron chi connectivity index (χ0n) is 5.00. The molecule has 47 valence electrons. The predicted molar refractivity (Wildman–Crippen MR) is 30.9 cm³/mol. The van der Waals surface area contributed by atoms with E-state index in [4.69, 9.17) is 0 Å². The summed E-state index contributed by atoms with van der Waals surface area (Å²) in [7, 11) is 1.47. The summed E-state index contributed by atoms with van der Waals surface area (Å²) in [6.45, 7) is 0. The van der Waals surface area contributed by atoms with Gasteiger partial charge in [-0.05, 0) is 0 Å². The molecular formula is C6H6NO2. The summed E-state index contributed by atoms with van der Waals surface area (Å²) in [5.41, 5.74) is 0. The Morgan fingerprint density at radius 3 is 2.78 bits per heavy atom. The summed E-state index contributed by atoms with van der Waals surface area (Å²) < 4.78 is 4.68. The van der Waals surface area contributed by atoms with Crippen molar-refractivity contribution in [3.05, 3.63) is 18.2 Å². The van der Waals surface area contributed by atoms with E-state index in [1.165, 1.54) is 13.2 Å². The fraction of sp³-hybridized carbons (Fsp3) is 0.167. The number of methoxy groups -OCH3 is 1. The minimum Gasteiger partial charge on any atom is -0.481 e. The number of hydrogen-bond donors (Lipinski definition) is 0. The van der Waals surface area contributed by atoms with Gasteiger partial charge in [-0.25, -0.2) is 0 Å². The average molecular weight is 124 g/mol. The van der Waals surface area contributed by atoms with Gasteiger partial charge in [0.2, 0.25) is 5.88 Å². The molecule has 1 aromatic rings. The first kappa shape index (κ1) is 5.88. The Kier molecular flexibility index (Phi) is 1.53. The van der Waals surface area contributed by atoms with Crippen LogP contribution < -0.4 is 4.74 Å². The van der Waals surface area contributed by atoms with E-state index in [1.54, 1.807) is 12.1 Å². The van der Waals surface area contributed by atoms with Crippen LogP contribution in [0.25, 0.3) is 0 Å². The van der Waals surface area contributed by atoms with Gasteiger partial charge in [0.05, 0.1) is 7.11 Å². The van der Waals surface area contributed by atoms with Crippen molar-refractivity contribution in [1.29, 1.82) is 0 Å². The maximum absolute atomic E-state index is 10.5. The smallest absolute Gasteiger partial charge is 0.272 e. The minimum atomic E-state index is -0.269. The van der Waals surface area contributed by atoms with Crippen LogP contribution in [0.3, 0.4) is 0 Å². The van der Waals surface area contributed by atoms with Gasteiger partial charge in [-0.15, -0.1) is 0 Å². The molecule has 0 N–H and O–H groups in total. The van der Waals surface area contributed by atoms with Gasteiger partial charge in [-0.2, -0.15) is 4.98 Å². The molecule has 0 aliphatic heterocycles. The third-order valence-electron chi connectivity index (χ3n) is 0.907. The van der Waals surface area contributed by atoms with E-state index in [-0.39, 0.29) is 5.88 Å². The molecule has 0 aliphatic carbocycles. The van der Waals surface area contributed by atoms with E-state index in [0.29, 0.717) is 5.88 Å². The van der Waals surface area contributed by atoms with Gasteiger partial charge >= 0.3 is 0 Å². The lowest BCUT2D eigenvalue weighted by Crippen LogP contribution is -1.84. The zero-order chi connectivity index (χ0) is 6.69. The molecule has 1 radical (unpaired) electrons. The normalized spacial score (nSPS) is 9.00. The Hall–Kier alpha value is -1.25. The molecule has 1 rings (SSSR count). The number of nitrogens with zero attached hydrogens (tertiary/aromatic N) is 1. The van der Waals surface area contributed by atoms with Crippen molar-refractivity contribution in [2.45, 2.75) is 0 Å². The van der Waals surface area contributed by atoms with Crippen LogP contribution in [0.5, 0.6) is 11.8 Å². The van der Waals surface area contributed by atoms with Gasteiger partial charge in [-0.3, -0.25) is 5.11 Å².